The highest BCUT2D eigenvalue weighted by Gasteiger charge is 2.36. The van der Waals surface area contributed by atoms with Crippen molar-refractivity contribution in [1.82, 2.24) is 0 Å². The second-order valence-corrected chi connectivity index (χ2v) is 5.33. The third kappa shape index (κ3) is 1.68. The predicted molar refractivity (Wildman–Crippen MR) is 62.0 cm³/mol. The van der Waals surface area contributed by atoms with Crippen LogP contribution < -0.4 is 0 Å². The van der Waals surface area contributed by atoms with Gasteiger partial charge >= 0.3 is 0 Å². The molecule has 0 bridgehead atoms. The molecule has 0 aromatic heterocycles. The molecule has 2 rings (SSSR count). The standard InChI is InChI=1S/C13H17Cl/c1-10-5-3-4-6-12(10)13(2)8-7-11(14)9-13/h3-6,11H,7-9H2,1-2H3. The molecule has 0 radical (unpaired) electrons. The molecule has 0 nitrogen and oxygen atoms in total. The minimum atomic E-state index is 0.317. The first-order valence-corrected chi connectivity index (χ1v) is 5.76. The van der Waals surface area contributed by atoms with E-state index in [1.165, 1.54) is 17.5 Å². The van der Waals surface area contributed by atoms with Gasteiger partial charge in [-0.15, -0.1) is 11.6 Å². The van der Waals surface area contributed by atoms with Crippen molar-refractivity contribution in [2.24, 2.45) is 0 Å². The van der Waals surface area contributed by atoms with Gasteiger partial charge in [-0.25, -0.2) is 0 Å². The van der Waals surface area contributed by atoms with Gasteiger partial charge in [0, 0.05) is 5.38 Å². The SMILES string of the molecule is Cc1ccccc1C1(C)CCC(Cl)C1. The third-order valence-corrected chi connectivity index (χ3v) is 3.85. The van der Waals surface area contributed by atoms with E-state index in [9.17, 15) is 0 Å². The zero-order valence-corrected chi connectivity index (χ0v) is 9.64. The zero-order chi connectivity index (χ0) is 10.2. The lowest BCUT2D eigenvalue weighted by molar-refractivity contribution is 0.489. The van der Waals surface area contributed by atoms with Gasteiger partial charge in [-0.2, -0.15) is 0 Å². The lowest BCUT2D eigenvalue weighted by Gasteiger charge is -2.26. The highest BCUT2D eigenvalue weighted by molar-refractivity contribution is 6.20. The summed E-state index contributed by atoms with van der Waals surface area (Å²) in [7, 11) is 0. The molecule has 1 saturated carbocycles. The first kappa shape index (κ1) is 10.0. The maximum Gasteiger partial charge on any atom is 0.0344 e. The van der Waals surface area contributed by atoms with Crippen molar-refractivity contribution in [1.29, 1.82) is 0 Å². The summed E-state index contributed by atoms with van der Waals surface area (Å²) in [6.45, 7) is 4.54. The second-order valence-electron chi connectivity index (χ2n) is 4.72. The van der Waals surface area contributed by atoms with Crippen molar-refractivity contribution in [3.63, 3.8) is 0 Å². The highest BCUT2D eigenvalue weighted by Crippen LogP contribution is 2.43. The first-order chi connectivity index (χ1) is 6.62. The Hall–Kier alpha value is -0.490. The summed E-state index contributed by atoms with van der Waals surface area (Å²) in [4.78, 5) is 0. The number of benzene rings is 1. The lowest BCUT2D eigenvalue weighted by Crippen LogP contribution is -2.19. The quantitative estimate of drug-likeness (QED) is 0.611. The maximum atomic E-state index is 6.20. The van der Waals surface area contributed by atoms with Crippen LogP contribution in [0.4, 0.5) is 0 Å². The van der Waals surface area contributed by atoms with E-state index in [1.54, 1.807) is 0 Å². The van der Waals surface area contributed by atoms with Crippen LogP contribution in [0.3, 0.4) is 0 Å². The van der Waals surface area contributed by atoms with E-state index in [2.05, 4.69) is 38.1 Å². The van der Waals surface area contributed by atoms with Crippen LogP contribution in [0.15, 0.2) is 24.3 Å². The van der Waals surface area contributed by atoms with Gasteiger partial charge < -0.3 is 0 Å². The molecule has 76 valence electrons. The van der Waals surface area contributed by atoms with E-state index in [-0.39, 0.29) is 0 Å². The third-order valence-electron chi connectivity index (χ3n) is 3.48. The van der Waals surface area contributed by atoms with E-state index in [1.807, 2.05) is 0 Å². The van der Waals surface area contributed by atoms with E-state index < -0.39 is 0 Å². The van der Waals surface area contributed by atoms with Crippen LogP contribution in [0, 0.1) is 6.92 Å². The monoisotopic (exact) mass is 208 g/mol. The Morgan fingerprint density at radius 2 is 2.07 bits per heavy atom. The van der Waals surface area contributed by atoms with Crippen molar-refractivity contribution in [2.45, 2.75) is 43.9 Å². The number of hydrogen-bond donors (Lipinski definition) is 0. The predicted octanol–water partition coefficient (Wildman–Crippen LogP) is 4.04. The van der Waals surface area contributed by atoms with Gasteiger partial charge in [-0.05, 0) is 42.7 Å². The number of aryl methyl sites for hydroxylation is 1. The van der Waals surface area contributed by atoms with Gasteiger partial charge in [-0.1, -0.05) is 31.2 Å². The molecule has 1 fully saturated rings. The molecule has 1 aromatic carbocycles. The molecular weight excluding hydrogens is 192 g/mol. The summed E-state index contributed by atoms with van der Waals surface area (Å²) in [5, 5.41) is 0.375. The normalized spacial score (nSPS) is 32.1. The molecule has 1 aliphatic carbocycles. The van der Waals surface area contributed by atoms with Crippen LogP contribution in [0.5, 0.6) is 0 Å². The van der Waals surface area contributed by atoms with Crippen LogP contribution in [-0.2, 0) is 5.41 Å². The summed E-state index contributed by atoms with van der Waals surface area (Å²) < 4.78 is 0. The molecule has 0 spiro atoms. The molecule has 1 aliphatic rings. The molecule has 0 aliphatic heterocycles. The highest BCUT2D eigenvalue weighted by atomic mass is 35.5. The fourth-order valence-corrected chi connectivity index (χ4v) is 3.11. The van der Waals surface area contributed by atoms with Gasteiger partial charge in [0.15, 0.2) is 0 Å². The molecule has 0 heterocycles. The first-order valence-electron chi connectivity index (χ1n) is 5.32. The second kappa shape index (κ2) is 3.58. The van der Waals surface area contributed by atoms with Crippen LogP contribution >= 0.6 is 11.6 Å². The Bertz CT molecular complexity index is 332. The fourth-order valence-electron chi connectivity index (χ4n) is 2.66. The topological polar surface area (TPSA) is 0 Å². The molecule has 0 saturated heterocycles. The van der Waals surface area contributed by atoms with Crippen molar-refractivity contribution >= 4 is 11.6 Å². The molecule has 1 aromatic rings. The largest absolute Gasteiger partial charge is 0.123 e. The molecule has 0 N–H and O–H groups in total. The Morgan fingerprint density at radius 3 is 2.64 bits per heavy atom. The number of halogens is 1. The Balaban J connectivity index is 2.35. The molecular formula is C13H17Cl. The Morgan fingerprint density at radius 1 is 1.36 bits per heavy atom. The van der Waals surface area contributed by atoms with Crippen LogP contribution in [0.1, 0.15) is 37.3 Å². The number of hydrogen-bond acceptors (Lipinski definition) is 0. The van der Waals surface area contributed by atoms with Gasteiger partial charge in [0.05, 0.1) is 0 Å². The van der Waals surface area contributed by atoms with E-state index in [0.29, 0.717) is 10.8 Å². The van der Waals surface area contributed by atoms with Crippen molar-refractivity contribution in [2.75, 3.05) is 0 Å². The van der Waals surface area contributed by atoms with Crippen molar-refractivity contribution < 1.29 is 0 Å². The summed E-state index contributed by atoms with van der Waals surface area (Å²) in [6.07, 6.45) is 3.51. The zero-order valence-electron chi connectivity index (χ0n) is 8.89. The molecule has 2 atom stereocenters. The average molecular weight is 209 g/mol. The Kier molecular flexibility index (Phi) is 2.57. The van der Waals surface area contributed by atoms with Crippen LogP contribution in [0.2, 0.25) is 0 Å². The fraction of sp³-hybridized carbons (Fsp3) is 0.538. The summed E-state index contributed by atoms with van der Waals surface area (Å²) >= 11 is 6.20. The smallest absolute Gasteiger partial charge is 0.0344 e. The average Bonchev–Trinajstić information content (AvgIpc) is 2.48. The van der Waals surface area contributed by atoms with E-state index in [4.69, 9.17) is 11.6 Å². The molecule has 1 heteroatoms. The molecule has 2 unspecified atom stereocenters. The van der Waals surface area contributed by atoms with E-state index in [0.717, 1.165) is 12.8 Å². The van der Waals surface area contributed by atoms with Gasteiger partial charge in [0.25, 0.3) is 0 Å². The summed E-state index contributed by atoms with van der Waals surface area (Å²) in [6, 6.07) is 8.69. The van der Waals surface area contributed by atoms with Crippen LogP contribution in [0.25, 0.3) is 0 Å². The van der Waals surface area contributed by atoms with Gasteiger partial charge in [-0.3, -0.25) is 0 Å². The minimum absolute atomic E-state index is 0.317. The Labute approximate surface area is 91.3 Å². The summed E-state index contributed by atoms with van der Waals surface area (Å²) in [5.74, 6) is 0. The number of rotatable bonds is 1. The molecule has 0 amide bonds. The number of alkyl halides is 1. The summed E-state index contributed by atoms with van der Waals surface area (Å²) in [5.41, 5.74) is 3.21. The lowest BCUT2D eigenvalue weighted by atomic mass is 9.79. The van der Waals surface area contributed by atoms with E-state index >= 15 is 0 Å². The maximum absolute atomic E-state index is 6.20. The minimum Gasteiger partial charge on any atom is -0.123 e. The molecule has 14 heavy (non-hydrogen) atoms. The van der Waals surface area contributed by atoms with Crippen molar-refractivity contribution in [3.05, 3.63) is 35.4 Å². The van der Waals surface area contributed by atoms with Crippen molar-refractivity contribution in [3.8, 4) is 0 Å². The van der Waals surface area contributed by atoms with Crippen LogP contribution in [-0.4, -0.2) is 5.38 Å². The van der Waals surface area contributed by atoms with Gasteiger partial charge in [0.1, 0.15) is 0 Å². The van der Waals surface area contributed by atoms with Gasteiger partial charge in [0.2, 0.25) is 0 Å².